The molecular weight excluding hydrogens is 524 g/mol. The molecule has 5 rings (SSSR count). The number of aromatic nitrogens is 4. The number of nitrogens with one attached hydrogen (secondary N) is 2. The lowest BCUT2D eigenvalue weighted by Crippen LogP contribution is -2.17. The van der Waals surface area contributed by atoms with Crippen molar-refractivity contribution in [3.63, 3.8) is 0 Å². The number of carbonyl (C=O) groups excluding carboxylic acids is 1. The average Bonchev–Trinajstić information content (AvgIpc) is 3.57. The number of anilines is 2. The minimum atomic E-state index is -0.864. The van der Waals surface area contributed by atoms with Gasteiger partial charge in [-0.2, -0.15) is 4.98 Å². The number of ether oxygens (including phenoxy) is 2. The van der Waals surface area contributed by atoms with E-state index < -0.39 is 27.1 Å². The van der Waals surface area contributed by atoms with E-state index in [0.717, 1.165) is 35.3 Å². The predicted molar refractivity (Wildman–Crippen MR) is 141 cm³/mol. The summed E-state index contributed by atoms with van der Waals surface area (Å²) >= 11 is 0. The van der Waals surface area contributed by atoms with Crippen LogP contribution in [0.25, 0.3) is 5.95 Å². The molecule has 15 nitrogen and oxygen atoms in total. The molecule has 15 heteroatoms. The minimum absolute atomic E-state index is 0.135. The highest BCUT2D eigenvalue weighted by Gasteiger charge is 2.25. The van der Waals surface area contributed by atoms with Crippen molar-refractivity contribution < 1.29 is 24.1 Å². The van der Waals surface area contributed by atoms with Gasteiger partial charge in [0.25, 0.3) is 17.3 Å². The SMILES string of the molecule is CCc1nc(C)cn1-c1ncc(NC(=O)c2ccc([N+](=O)[O-])cc2[N+](=O)[O-])c(NCc2ccc3c(c2)OCO3)n1. The van der Waals surface area contributed by atoms with Crippen molar-refractivity contribution in [2.24, 2.45) is 0 Å². The van der Waals surface area contributed by atoms with E-state index in [4.69, 9.17) is 9.47 Å². The van der Waals surface area contributed by atoms with Gasteiger partial charge >= 0.3 is 0 Å². The van der Waals surface area contributed by atoms with Crippen LogP contribution in [-0.2, 0) is 13.0 Å². The van der Waals surface area contributed by atoms with E-state index in [1.54, 1.807) is 16.8 Å². The van der Waals surface area contributed by atoms with E-state index in [2.05, 4.69) is 25.6 Å². The molecule has 0 saturated carbocycles. The van der Waals surface area contributed by atoms with E-state index >= 15 is 0 Å². The van der Waals surface area contributed by atoms with Crippen LogP contribution in [0.15, 0.2) is 48.8 Å². The van der Waals surface area contributed by atoms with Crippen LogP contribution in [0.2, 0.25) is 0 Å². The summed E-state index contributed by atoms with van der Waals surface area (Å²) in [6.07, 6.45) is 3.78. The summed E-state index contributed by atoms with van der Waals surface area (Å²) in [4.78, 5) is 47.6. The zero-order valence-corrected chi connectivity index (χ0v) is 21.3. The first-order valence-electron chi connectivity index (χ1n) is 12.0. The third-order valence-electron chi connectivity index (χ3n) is 5.99. The number of carbonyl (C=O) groups is 1. The molecule has 0 atom stereocenters. The number of fused-ring (bicyclic) bond motifs is 1. The van der Waals surface area contributed by atoms with Crippen LogP contribution >= 0.6 is 0 Å². The number of hydrogen-bond donors (Lipinski definition) is 2. The lowest BCUT2D eigenvalue weighted by atomic mass is 10.1. The summed E-state index contributed by atoms with van der Waals surface area (Å²) < 4.78 is 12.5. The lowest BCUT2D eigenvalue weighted by molar-refractivity contribution is -0.394. The molecule has 3 heterocycles. The van der Waals surface area contributed by atoms with Crippen LogP contribution < -0.4 is 20.1 Å². The van der Waals surface area contributed by atoms with Gasteiger partial charge in [0.1, 0.15) is 17.1 Å². The number of imidazole rings is 1. The molecule has 1 aliphatic heterocycles. The first kappa shape index (κ1) is 26.0. The Morgan fingerprint density at radius 2 is 1.88 bits per heavy atom. The van der Waals surface area contributed by atoms with E-state index in [0.29, 0.717) is 23.9 Å². The van der Waals surface area contributed by atoms with Gasteiger partial charge in [-0.3, -0.25) is 29.6 Å². The van der Waals surface area contributed by atoms with Crippen molar-refractivity contribution in [2.45, 2.75) is 26.8 Å². The summed E-state index contributed by atoms with van der Waals surface area (Å²) in [5, 5.41) is 28.4. The molecule has 0 bridgehead atoms. The second kappa shape index (κ2) is 10.6. The highest BCUT2D eigenvalue weighted by Crippen LogP contribution is 2.33. The van der Waals surface area contributed by atoms with Crippen molar-refractivity contribution in [2.75, 3.05) is 17.4 Å². The van der Waals surface area contributed by atoms with E-state index in [-0.39, 0.29) is 30.4 Å². The third kappa shape index (κ3) is 5.20. The predicted octanol–water partition coefficient (Wildman–Crippen LogP) is 3.94. The van der Waals surface area contributed by atoms with Crippen molar-refractivity contribution in [1.29, 1.82) is 0 Å². The number of nitro groups is 2. The highest BCUT2D eigenvalue weighted by atomic mass is 16.7. The molecule has 0 spiro atoms. The number of aryl methyl sites for hydroxylation is 2. The summed E-state index contributed by atoms with van der Waals surface area (Å²) in [5.74, 6) is 1.63. The Labute approximate surface area is 226 Å². The molecule has 204 valence electrons. The van der Waals surface area contributed by atoms with Gasteiger partial charge in [-0.25, -0.2) is 9.97 Å². The minimum Gasteiger partial charge on any atom is -0.454 e. The Kier molecular flexibility index (Phi) is 6.92. The van der Waals surface area contributed by atoms with Gasteiger partial charge < -0.3 is 20.1 Å². The molecule has 0 saturated heterocycles. The van der Waals surface area contributed by atoms with Gasteiger partial charge in [0.15, 0.2) is 17.3 Å². The number of rotatable bonds is 9. The molecule has 40 heavy (non-hydrogen) atoms. The second-order valence-electron chi connectivity index (χ2n) is 8.67. The van der Waals surface area contributed by atoms with E-state index in [1.165, 1.54) is 6.20 Å². The highest BCUT2D eigenvalue weighted by molar-refractivity contribution is 6.08. The Balaban J connectivity index is 1.48. The summed E-state index contributed by atoms with van der Waals surface area (Å²) in [6.45, 7) is 4.21. The van der Waals surface area contributed by atoms with E-state index in [9.17, 15) is 25.0 Å². The maximum Gasteiger partial charge on any atom is 0.289 e. The van der Waals surface area contributed by atoms with Crippen LogP contribution in [0.4, 0.5) is 22.9 Å². The molecule has 2 aromatic carbocycles. The zero-order chi connectivity index (χ0) is 28.4. The average molecular weight is 547 g/mol. The summed E-state index contributed by atoms with van der Waals surface area (Å²) in [6, 6.07) is 8.22. The molecule has 4 aromatic rings. The standard InChI is InChI=1S/C25H22N8O7/c1-3-22-28-14(2)12-31(22)25-27-11-18(23(30-25)26-10-15-4-7-20-21(8-15)40-13-39-20)29-24(34)17-6-5-16(32(35)36)9-19(17)33(37)38/h4-9,11-12H,3,10,13H2,1-2H3,(H,29,34)(H,26,27,30). The molecule has 0 radical (unpaired) electrons. The fourth-order valence-electron chi connectivity index (χ4n) is 4.09. The van der Waals surface area contributed by atoms with Crippen molar-refractivity contribution in [3.8, 4) is 17.4 Å². The number of non-ortho nitro benzene ring substituents is 1. The largest absolute Gasteiger partial charge is 0.454 e. The van der Waals surface area contributed by atoms with E-state index in [1.807, 2.05) is 26.0 Å². The smallest absolute Gasteiger partial charge is 0.289 e. The first-order chi connectivity index (χ1) is 19.2. The third-order valence-corrected chi connectivity index (χ3v) is 5.99. The molecule has 1 aliphatic rings. The molecule has 0 aliphatic carbocycles. The number of nitrogens with zero attached hydrogens (tertiary/aromatic N) is 6. The normalized spacial score (nSPS) is 11.8. The van der Waals surface area contributed by atoms with Gasteiger partial charge in [0.05, 0.1) is 27.8 Å². The Morgan fingerprint density at radius 1 is 1.07 bits per heavy atom. The molecule has 0 unspecified atom stereocenters. The lowest BCUT2D eigenvalue weighted by Gasteiger charge is -2.14. The first-order valence-corrected chi connectivity index (χ1v) is 12.0. The van der Waals surface area contributed by atoms with Gasteiger partial charge in [0, 0.05) is 25.2 Å². The fourth-order valence-corrected chi connectivity index (χ4v) is 4.09. The number of hydrogen-bond acceptors (Lipinski definition) is 11. The van der Waals surface area contributed by atoms with Gasteiger partial charge in [-0.1, -0.05) is 13.0 Å². The van der Waals surface area contributed by atoms with Gasteiger partial charge in [0.2, 0.25) is 12.7 Å². The Bertz CT molecular complexity index is 1650. The van der Waals surface area contributed by atoms with Crippen molar-refractivity contribution >= 4 is 28.8 Å². The molecular formula is C25H22N8O7. The van der Waals surface area contributed by atoms with Crippen LogP contribution in [0.1, 0.15) is 34.4 Å². The number of benzene rings is 2. The topological polar surface area (TPSA) is 189 Å². The van der Waals surface area contributed by atoms with Crippen molar-refractivity contribution in [3.05, 3.63) is 91.7 Å². The summed E-state index contributed by atoms with van der Waals surface area (Å²) in [5.41, 5.74) is 0.167. The second-order valence-corrected chi connectivity index (χ2v) is 8.67. The number of amides is 1. The maximum atomic E-state index is 13.1. The summed E-state index contributed by atoms with van der Waals surface area (Å²) in [7, 11) is 0. The van der Waals surface area contributed by atoms with Gasteiger partial charge in [-0.15, -0.1) is 0 Å². The molecule has 2 N–H and O–H groups in total. The monoisotopic (exact) mass is 546 g/mol. The van der Waals surface area contributed by atoms with Crippen LogP contribution in [0.3, 0.4) is 0 Å². The van der Waals surface area contributed by atoms with Crippen LogP contribution in [0, 0.1) is 27.2 Å². The Morgan fingerprint density at radius 3 is 2.62 bits per heavy atom. The number of nitro benzene ring substituents is 2. The molecule has 2 aromatic heterocycles. The Hall–Kier alpha value is -5.60. The molecule has 0 fully saturated rings. The zero-order valence-electron chi connectivity index (χ0n) is 21.3. The van der Waals surface area contributed by atoms with Crippen LogP contribution in [-0.4, -0.2) is 42.1 Å². The molecule has 1 amide bonds. The van der Waals surface area contributed by atoms with Crippen LogP contribution in [0.5, 0.6) is 11.5 Å². The van der Waals surface area contributed by atoms with Gasteiger partial charge in [-0.05, 0) is 30.7 Å². The quantitative estimate of drug-likeness (QED) is 0.228. The van der Waals surface area contributed by atoms with Crippen molar-refractivity contribution in [1.82, 2.24) is 19.5 Å². The fraction of sp³-hybridized carbons (Fsp3) is 0.200. The maximum absolute atomic E-state index is 13.1.